The lowest BCUT2D eigenvalue weighted by Crippen LogP contribution is -2.39. The number of aliphatic imine (C=N–C) groups is 1. The minimum absolute atomic E-state index is 0.266. The molecule has 0 aromatic rings. The Morgan fingerprint density at radius 1 is 1.40 bits per heavy atom. The normalized spacial score (nSPS) is 19.5. The first-order chi connectivity index (χ1) is 7.03. The summed E-state index contributed by atoms with van der Waals surface area (Å²) >= 11 is 0. The van der Waals surface area contributed by atoms with Gasteiger partial charge in [-0.05, 0) is 24.7 Å². The van der Waals surface area contributed by atoms with Crippen LogP contribution in [0.1, 0.15) is 52.9 Å². The molecule has 88 valence electrons. The fourth-order valence-electron chi connectivity index (χ4n) is 1.74. The van der Waals surface area contributed by atoms with Crippen molar-refractivity contribution in [2.45, 2.75) is 58.9 Å². The topological polar surface area (TPSA) is 50.4 Å². The van der Waals surface area contributed by atoms with Crippen molar-refractivity contribution in [1.82, 2.24) is 5.32 Å². The van der Waals surface area contributed by atoms with Crippen molar-refractivity contribution in [3.8, 4) is 0 Å². The Bertz CT molecular complexity index is 215. The minimum atomic E-state index is 0.266. The van der Waals surface area contributed by atoms with Gasteiger partial charge in [0, 0.05) is 12.6 Å². The van der Waals surface area contributed by atoms with Gasteiger partial charge in [0.15, 0.2) is 5.96 Å². The molecule has 1 aliphatic carbocycles. The van der Waals surface area contributed by atoms with E-state index >= 15 is 0 Å². The van der Waals surface area contributed by atoms with Gasteiger partial charge in [0.05, 0.1) is 0 Å². The predicted octanol–water partition coefficient (Wildman–Crippen LogP) is 2.27. The third-order valence-corrected chi connectivity index (χ3v) is 3.34. The Hall–Kier alpha value is -0.730. The van der Waals surface area contributed by atoms with Crippen molar-refractivity contribution in [2.24, 2.45) is 16.1 Å². The van der Waals surface area contributed by atoms with Crippen molar-refractivity contribution in [3.05, 3.63) is 0 Å². The summed E-state index contributed by atoms with van der Waals surface area (Å²) in [4.78, 5) is 4.41. The number of hydrogen-bond donors (Lipinski definition) is 2. The lowest BCUT2D eigenvalue weighted by molar-refractivity contribution is 0.365. The van der Waals surface area contributed by atoms with Crippen LogP contribution < -0.4 is 11.1 Å². The molecule has 1 saturated carbocycles. The molecule has 15 heavy (non-hydrogen) atoms. The molecule has 1 fully saturated rings. The smallest absolute Gasteiger partial charge is 0.188 e. The zero-order chi connectivity index (χ0) is 11.3. The van der Waals surface area contributed by atoms with E-state index in [4.69, 9.17) is 5.73 Å². The van der Waals surface area contributed by atoms with Crippen LogP contribution in [0.25, 0.3) is 0 Å². The summed E-state index contributed by atoms with van der Waals surface area (Å²) in [5.74, 6) is 0.628. The lowest BCUT2D eigenvalue weighted by atomic mass is 9.91. The second kappa shape index (κ2) is 5.38. The third kappa shape index (κ3) is 4.54. The Labute approximate surface area is 93.5 Å². The van der Waals surface area contributed by atoms with Crippen molar-refractivity contribution in [3.63, 3.8) is 0 Å². The molecular weight excluding hydrogens is 186 g/mol. The average Bonchev–Trinajstić information content (AvgIpc) is 2.68. The first-order valence-electron chi connectivity index (χ1n) is 6.10. The number of guanidine groups is 1. The SMILES string of the molecule is CCC(C)(C)CN=C(N)NC1CCCC1. The van der Waals surface area contributed by atoms with Crippen LogP contribution >= 0.6 is 0 Å². The first-order valence-corrected chi connectivity index (χ1v) is 6.10. The average molecular weight is 211 g/mol. The maximum Gasteiger partial charge on any atom is 0.188 e. The van der Waals surface area contributed by atoms with E-state index in [9.17, 15) is 0 Å². The molecular formula is C12H25N3. The monoisotopic (exact) mass is 211 g/mol. The van der Waals surface area contributed by atoms with Crippen LogP contribution in [0.3, 0.4) is 0 Å². The molecule has 1 aliphatic rings. The van der Waals surface area contributed by atoms with E-state index < -0.39 is 0 Å². The molecule has 0 aromatic heterocycles. The van der Waals surface area contributed by atoms with Crippen LogP contribution in [-0.2, 0) is 0 Å². The summed E-state index contributed by atoms with van der Waals surface area (Å²) in [7, 11) is 0. The van der Waals surface area contributed by atoms with Gasteiger partial charge in [0.2, 0.25) is 0 Å². The number of nitrogens with zero attached hydrogens (tertiary/aromatic N) is 1. The van der Waals surface area contributed by atoms with Crippen molar-refractivity contribution >= 4 is 5.96 Å². The van der Waals surface area contributed by atoms with Crippen LogP contribution in [-0.4, -0.2) is 18.5 Å². The van der Waals surface area contributed by atoms with E-state index in [0.29, 0.717) is 12.0 Å². The van der Waals surface area contributed by atoms with Gasteiger partial charge in [-0.15, -0.1) is 0 Å². The molecule has 0 radical (unpaired) electrons. The van der Waals surface area contributed by atoms with Crippen molar-refractivity contribution in [2.75, 3.05) is 6.54 Å². The summed E-state index contributed by atoms with van der Waals surface area (Å²) < 4.78 is 0. The Kier molecular flexibility index (Phi) is 4.43. The maximum absolute atomic E-state index is 5.85. The van der Waals surface area contributed by atoms with E-state index in [1.807, 2.05) is 0 Å². The molecule has 3 N–H and O–H groups in total. The predicted molar refractivity (Wildman–Crippen MR) is 66.0 cm³/mol. The Balaban J connectivity index is 2.32. The minimum Gasteiger partial charge on any atom is -0.370 e. The highest BCUT2D eigenvalue weighted by Gasteiger charge is 2.16. The number of rotatable bonds is 4. The summed E-state index contributed by atoms with van der Waals surface area (Å²) in [5.41, 5.74) is 6.12. The lowest BCUT2D eigenvalue weighted by Gasteiger charge is -2.20. The largest absolute Gasteiger partial charge is 0.370 e. The molecule has 3 nitrogen and oxygen atoms in total. The third-order valence-electron chi connectivity index (χ3n) is 3.34. The molecule has 0 amide bonds. The number of hydrogen-bond acceptors (Lipinski definition) is 1. The van der Waals surface area contributed by atoms with Gasteiger partial charge in [0.1, 0.15) is 0 Å². The van der Waals surface area contributed by atoms with Gasteiger partial charge in [-0.3, -0.25) is 4.99 Å². The molecule has 0 heterocycles. The van der Waals surface area contributed by atoms with Gasteiger partial charge >= 0.3 is 0 Å². The first kappa shape index (κ1) is 12.3. The van der Waals surface area contributed by atoms with Crippen LogP contribution in [0.5, 0.6) is 0 Å². The van der Waals surface area contributed by atoms with Crippen LogP contribution in [0.4, 0.5) is 0 Å². The molecule has 0 bridgehead atoms. The molecule has 0 saturated heterocycles. The molecule has 0 atom stereocenters. The molecule has 0 aromatic carbocycles. The second-order valence-corrected chi connectivity index (χ2v) is 5.34. The van der Waals surface area contributed by atoms with Crippen LogP contribution in [0.15, 0.2) is 4.99 Å². The molecule has 0 unspecified atom stereocenters. The summed E-state index contributed by atoms with van der Waals surface area (Å²) in [5, 5.41) is 3.30. The van der Waals surface area contributed by atoms with Gasteiger partial charge in [-0.1, -0.05) is 33.6 Å². The van der Waals surface area contributed by atoms with Crippen molar-refractivity contribution < 1.29 is 0 Å². The van der Waals surface area contributed by atoms with E-state index in [1.54, 1.807) is 0 Å². The molecule has 1 rings (SSSR count). The highest BCUT2D eigenvalue weighted by Crippen LogP contribution is 2.20. The fourth-order valence-corrected chi connectivity index (χ4v) is 1.74. The van der Waals surface area contributed by atoms with E-state index in [2.05, 4.69) is 31.1 Å². The quantitative estimate of drug-likeness (QED) is 0.553. The molecule has 3 heteroatoms. The van der Waals surface area contributed by atoms with Crippen molar-refractivity contribution in [1.29, 1.82) is 0 Å². The highest BCUT2D eigenvalue weighted by atomic mass is 15.1. The Morgan fingerprint density at radius 3 is 2.53 bits per heavy atom. The fraction of sp³-hybridized carbons (Fsp3) is 0.917. The van der Waals surface area contributed by atoms with Gasteiger partial charge < -0.3 is 11.1 Å². The summed E-state index contributed by atoms with van der Waals surface area (Å²) in [6.45, 7) is 7.45. The van der Waals surface area contributed by atoms with E-state index in [1.165, 1.54) is 25.7 Å². The van der Waals surface area contributed by atoms with Gasteiger partial charge in [-0.2, -0.15) is 0 Å². The zero-order valence-electron chi connectivity index (χ0n) is 10.3. The van der Waals surface area contributed by atoms with Crippen LogP contribution in [0.2, 0.25) is 0 Å². The second-order valence-electron chi connectivity index (χ2n) is 5.34. The standard InChI is InChI=1S/C12H25N3/c1-4-12(2,3)9-14-11(13)15-10-7-5-6-8-10/h10H,4-9H2,1-3H3,(H3,13,14,15). The van der Waals surface area contributed by atoms with Gasteiger partial charge in [-0.25, -0.2) is 0 Å². The summed E-state index contributed by atoms with van der Waals surface area (Å²) in [6, 6.07) is 0.568. The van der Waals surface area contributed by atoms with Gasteiger partial charge in [0.25, 0.3) is 0 Å². The van der Waals surface area contributed by atoms with Crippen LogP contribution in [0, 0.1) is 5.41 Å². The number of nitrogens with one attached hydrogen (secondary N) is 1. The number of nitrogens with two attached hydrogens (primary N) is 1. The summed E-state index contributed by atoms with van der Waals surface area (Å²) in [6.07, 6.45) is 6.27. The molecule has 0 aliphatic heterocycles. The highest BCUT2D eigenvalue weighted by molar-refractivity contribution is 5.78. The Morgan fingerprint density at radius 2 is 2.00 bits per heavy atom. The molecule has 0 spiro atoms. The maximum atomic E-state index is 5.85. The van der Waals surface area contributed by atoms with E-state index in [-0.39, 0.29) is 5.41 Å². The van der Waals surface area contributed by atoms with E-state index in [0.717, 1.165) is 13.0 Å². The zero-order valence-corrected chi connectivity index (χ0v) is 10.3.